The van der Waals surface area contributed by atoms with Crippen LogP contribution in [0.1, 0.15) is 15.9 Å². The van der Waals surface area contributed by atoms with Gasteiger partial charge < -0.3 is 14.8 Å². The standard InChI is InChI=1S/C23H19Cl2N3O4/c1-31-18-9-5-17(6-10-18)27-22(29)14-32-19-7-2-15(3-8-19)13-26-28-23(30)20-11-4-16(24)12-21(20)25/h2-13H,14H2,1H3,(H,27,29)(H,28,30)/b26-13-. The molecule has 0 saturated carbocycles. The van der Waals surface area contributed by atoms with Crippen molar-refractivity contribution in [1.82, 2.24) is 5.43 Å². The molecule has 0 spiro atoms. The van der Waals surface area contributed by atoms with E-state index in [1.165, 1.54) is 18.3 Å². The lowest BCUT2D eigenvalue weighted by Crippen LogP contribution is -2.20. The molecule has 32 heavy (non-hydrogen) atoms. The Morgan fingerprint density at radius 1 is 0.969 bits per heavy atom. The van der Waals surface area contributed by atoms with Gasteiger partial charge in [-0.15, -0.1) is 0 Å². The van der Waals surface area contributed by atoms with E-state index in [1.54, 1.807) is 61.7 Å². The number of anilines is 1. The van der Waals surface area contributed by atoms with Gasteiger partial charge in [-0.25, -0.2) is 5.43 Å². The minimum atomic E-state index is -0.453. The third-order valence-corrected chi connectivity index (χ3v) is 4.73. The molecule has 3 aromatic rings. The summed E-state index contributed by atoms with van der Waals surface area (Å²) in [7, 11) is 1.58. The van der Waals surface area contributed by atoms with Gasteiger partial charge in [-0.2, -0.15) is 5.10 Å². The van der Waals surface area contributed by atoms with E-state index >= 15 is 0 Å². The number of nitrogens with one attached hydrogen (secondary N) is 2. The smallest absolute Gasteiger partial charge is 0.272 e. The molecule has 164 valence electrons. The molecule has 2 N–H and O–H groups in total. The first-order valence-corrected chi connectivity index (χ1v) is 10.2. The van der Waals surface area contributed by atoms with Crippen molar-refractivity contribution in [2.45, 2.75) is 0 Å². The van der Waals surface area contributed by atoms with Gasteiger partial charge in [0, 0.05) is 10.7 Å². The number of methoxy groups -OCH3 is 1. The Morgan fingerprint density at radius 3 is 2.31 bits per heavy atom. The van der Waals surface area contributed by atoms with E-state index < -0.39 is 5.91 Å². The summed E-state index contributed by atoms with van der Waals surface area (Å²) in [5, 5.41) is 7.33. The van der Waals surface area contributed by atoms with Gasteiger partial charge in [-0.05, 0) is 72.3 Å². The van der Waals surface area contributed by atoms with Crippen LogP contribution in [0.15, 0.2) is 71.8 Å². The SMILES string of the molecule is COc1ccc(NC(=O)COc2ccc(/C=N\NC(=O)c3ccc(Cl)cc3Cl)cc2)cc1. The van der Waals surface area contributed by atoms with E-state index in [9.17, 15) is 9.59 Å². The van der Waals surface area contributed by atoms with Crippen molar-refractivity contribution in [2.75, 3.05) is 19.0 Å². The zero-order chi connectivity index (χ0) is 22.9. The molecule has 0 atom stereocenters. The van der Waals surface area contributed by atoms with Crippen LogP contribution in [0.3, 0.4) is 0 Å². The first kappa shape index (κ1) is 23.1. The van der Waals surface area contributed by atoms with Gasteiger partial charge in [0.25, 0.3) is 11.8 Å². The summed E-state index contributed by atoms with van der Waals surface area (Å²) >= 11 is 11.8. The maximum atomic E-state index is 12.1. The average Bonchev–Trinajstić information content (AvgIpc) is 2.79. The summed E-state index contributed by atoms with van der Waals surface area (Å²) in [5.41, 5.74) is 4.04. The Balaban J connectivity index is 1.46. The summed E-state index contributed by atoms with van der Waals surface area (Å²) < 4.78 is 10.6. The topological polar surface area (TPSA) is 89.0 Å². The molecule has 3 aromatic carbocycles. The molecule has 0 aliphatic carbocycles. The number of carbonyl (C=O) groups is 2. The second-order valence-corrected chi connectivity index (χ2v) is 7.30. The quantitative estimate of drug-likeness (QED) is 0.365. The minimum Gasteiger partial charge on any atom is -0.497 e. The van der Waals surface area contributed by atoms with Gasteiger partial charge in [0.05, 0.1) is 23.9 Å². The molecule has 0 radical (unpaired) electrons. The number of nitrogens with zero attached hydrogens (tertiary/aromatic N) is 1. The van der Waals surface area contributed by atoms with Gasteiger partial charge >= 0.3 is 0 Å². The molecule has 0 saturated heterocycles. The first-order chi connectivity index (χ1) is 15.4. The van der Waals surface area contributed by atoms with Crippen LogP contribution in [0.5, 0.6) is 11.5 Å². The van der Waals surface area contributed by atoms with Crippen LogP contribution in [0.25, 0.3) is 0 Å². The summed E-state index contributed by atoms with van der Waals surface area (Å²) in [6.07, 6.45) is 1.47. The largest absolute Gasteiger partial charge is 0.497 e. The highest BCUT2D eigenvalue weighted by Crippen LogP contribution is 2.21. The number of hydrogen-bond donors (Lipinski definition) is 2. The number of hydrogen-bond acceptors (Lipinski definition) is 5. The number of carbonyl (C=O) groups excluding carboxylic acids is 2. The number of amides is 2. The molecule has 0 aliphatic heterocycles. The molecular weight excluding hydrogens is 453 g/mol. The molecule has 3 rings (SSSR count). The Labute approximate surface area is 194 Å². The van der Waals surface area contributed by atoms with E-state index in [0.29, 0.717) is 22.2 Å². The Bertz CT molecular complexity index is 1120. The van der Waals surface area contributed by atoms with Crippen molar-refractivity contribution >= 4 is 46.9 Å². The van der Waals surface area contributed by atoms with Crippen molar-refractivity contribution in [2.24, 2.45) is 5.10 Å². The number of benzene rings is 3. The highest BCUT2D eigenvalue weighted by molar-refractivity contribution is 6.36. The van der Waals surface area contributed by atoms with Crippen molar-refractivity contribution < 1.29 is 19.1 Å². The van der Waals surface area contributed by atoms with Crippen molar-refractivity contribution in [3.8, 4) is 11.5 Å². The molecular formula is C23H19Cl2N3O4. The Hall–Kier alpha value is -3.55. The Kier molecular flexibility index (Phi) is 8.08. The van der Waals surface area contributed by atoms with E-state index in [0.717, 1.165) is 5.56 Å². The fourth-order valence-corrected chi connectivity index (χ4v) is 3.06. The zero-order valence-corrected chi connectivity index (χ0v) is 18.5. The van der Waals surface area contributed by atoms with Gasteiger partial charge in [-0.3, -0.25) is 9.59 Å². The number of hydrazone groups is 1. The van der Waals surface area contributed by atoms with Crippen molar-refractivity contribution in [3.05, 3.63) is 87.9 Å². The first-order valence-electron chi connectivity index (χ1n) is 9.40. The predicted octanol–water partition coefficient (Wildman–Crippen LogP) is 4.78. The number of rotatable bonds is 8. The lowest BCUT2D eigenvalue weighted by atomic mass is 10.2. The number of halogens is 2. The highest BCUT2D eigenvalue weighted by atomic mass is 35.5. The maximum Gasteiger partial charge on any atom is 0.272 e. The summed E-state index contributed by atoms with van der Waals surface area (Å²) in [5.74, 6) is 0.482. The Morgan fingerprint density at radius 2 is 1.66 bits per heavy atom. The average molecular weight is 472 g/mol. The van der Waals surface area contributed by atoms with Gasteiger partial charge in [0.15, 0.2) is 6.61 Å². The molecule has 0 bridgehead atoms. The van der Waals surface area contributed by atoms with Crippen LogP contribution in [0, 0.1) is 0 Å². The monoisotopic (exact) mass is 471 g/mol. The van der Waals surface area contributed by atoms with Gasteiger partial charge in [0.1, 0.15) is 11.5 Å². The van der Waals surface area contributed by atoms with E-state index in [-0.39, 0.29) is 23.1 Å². The fourth-order valence-electron chi connectivity index (χ4n) is 2.57. The molecule has 0 fully saturated rings. The summed E-state index contributed by atoms with van der Waals surface area (Å²) in [4.78, 5) is 24.1. The van der Waals surface area contributed by atoms with Crippen LogP contribution in [0.4, 0.5) is 5.69 Å². The van der Waals surface area contributed by atoms with Gasteiger partial charge in [0.2, 0.25) is 0 Å². The molecule has 0 unspecified atom stereocenters. The summed E-state index contributed by atoms with van der Waals surface area (Å²) in [6.45, 7) is -0.141. The minimum absolute atomic E-state index is 0.141. The molecule has 9 heteroatoms. The molecule has 0 aromatic heterocycles. The molecule has 7 nitrogen and oxygen atoms in total. The fraction of sp³-hybridized carbons (Fsp3) is 0.0870. The van der Waals surface area contributed by atoms with Crippen LogP contribution < -0.4 is 20.2 Å². The second-order valence-electron chi connectivity index (χ2n) is 6.46. The van der Waals surface area contributed by atoms with Gasteiger partial charge in [-0.1, -0.05) is 23.2 Å². The molecule has 0 heterocycles. The zero-order valence-electron chi connectivity index (χ0n) is 17.0. The lowest BCUT2D eigenvalue weighted by molar-refractivity contribution is -0.118. The molecule has 2 amide bonds. The van der Waals surface area contributed by atoms with Crippen LogP contribution in [0.2, 0.25) is 10.0 Å². The normalized spacial score (nSPS) is 10.6. The maximum absolute atomic E-state index is 12.1. The van der Waals surface area contributed by atoms with E-state index in [4.69, 9.17) is 32.7 Å². The third-order valence-electron chi connectivity index (χ3n) is 4.18. The number of ether oxygens (including phenoxy) is 2. The third kappa shape index (κ3) is 6.73. The van der Waals surface area contributed by atoms with Crippen LogP contribution >= 0.6 is 23.2 Å². The van der Waals surface area contributed by atoms with Crippen molar-refractivity contribution in [3.63, 3.8) is 0 Å². The second kappa shape index (κ2) is 11.2. The molecule has 0 aliphatic rings. The predicted molar refractivity (Wildman–Crippen MR) is 125 cm³/mol. The highest BCUT2D eigenvalue weighted by Gasteiger charge is 2.09. The van der Waals surface area contributed by atoms with E-state index in [1.807, 2.05) is 0 Å². The lowest BCUT2D eigenvalue weighted by Gasteiger charge is -2.08. The van der Waals surface area contributed by atoms with Crippen LogP contribution in [-0.2, 0) is 4.79 Å². The van der Waals surface area contributed by atoms with Crippen molar-refractivity contribution in [1.29, 1.82) is 0 Å². The van der Waals surface area contributed by atoms with E-state index in [2.05, 4.69) is 15.8 Å². The van der Waals surface area contributed by atoms with Crippen LogP contribution in [-0.4, -0.2) is 31.7 Å². The summed E-state index contributed by atoms with van der Waals surface area (Å²) in [6, 6.07) is 18.4.